The first-order valence-corrected chi connectivity index (χ1v) is 8.87. The molecule has 2 aliphatic rings. The minimum atomic E-state index is 0.543. The monoisotopic (exact) mass is 336 g/mol. The molecule has 0 radical (unpaired) electrons. The van der Waals surface area contributed by atoms with Gasteiger partial charge in [0.15, 0.2) is 0 Å². The fourth-order valence-electron chi connectivity index (χ4n) is 4.42. The maximum absolute atomic E-state index is 5.68. The van der Waals surface area contributed by atoms with E-state index in [1.165, 1.54) is 41.5 Å². The molecule has 0 N–H and O–H groups in total. The SMILES string of the molecule is COc1ccc(C2=Cc3c(OC)cc(OC)cc3[C@@H]3CCC[C@H]23)cc1. The smallest absolute Gasteiger partial charge is 0.130 e. The summed E-state index contributed by atoms with van der Waals surface area (Å²) in [4.78, 5) is 0. The van der Waals surface area contributed by atoms with Crippen molar-refractivity contribution in [1.82, 2.24) is 0 Å². The van der Waals surface area contributed by atoms with Gasteiger partial charge in [0.1, 0.15) is 17.2 Å². The average Bonchev–Trinajstić information content (AvgIpc) is 3.16. The van der Waals surface area contributed by atoms with E-state index >= 15 is 0 Å². The number of hydrogen-bond acceptors (Lipinski definition) is 3. The summed E-state index contributed by atoms with van der Waals surface area (Å²) < 4.78 is 16.5. The van der Waals surface area contributed by atoms with E-state index in [-0.39, 0.29) is 0 Å². The van der Waals surface area contributed by atoms with Crippen molar-refractivity contribution in [3.8, 4) is 17.2 Å². The topological polar surface area (TPSA) is 27.7 Å². The van der Waals surface area contributed by atoms with Crippen molar-refractivity contribution >= 4 is 11.6 Å². The largest absolute Gasteiger partial charge is 0.497 e. The van der Waals surface area contributed by atoms with Gasteiger partial charge in [0, 0.05) is 11.6 Å². The van der Waals surface area contributed by atoms with E-state index in [0.29, 0.717) is 11.8 Å². The van der Waals surface area contributed by atoms with E-state index in [2.05, 4.69) is 24.3 Å². The Labute approximate surface area is 149 Å². The Hall–Kier alpha value is -2.42. The molecule has 0 aromatic heterocycles. The molecule has 3 heteroatoms. The highest BCUT2D eigenvalue weighted by molar-refractivity contribution is 5.89. The summed E-state index contributed by atoms with van der Waals surface area (Å²) in [5.74, 6) is 3.78. The van der Waals surface area contributed by atoms with Crippen LogP contribution in [0, 0.1) is 5.92 Å². The van der Waals surface area contributed by atoms with Crippen molar-refractivity contribution in [1.29, 1.82) is 0 Å². The summed E-state index contributed by atoms with van der Waals surface area (Å²) in [5, 5.41) is 0. The maximum Gasteiger partial charge on any atom is 0.130 e. The fraction of sp³-hybridized carbons (Fsp3) is 0.364. The molecule has 1 fully saturated rings. The summed E-state index contributed by atoms with van der Waals surface area (Å²) in [6, 6.07) is 12.6. The first kappa shape index (κ1) is 16.1. The van der Waals surface area contributed by atoms with Crippen LogP contribution in [0.1, 0.15) is 41.9 Å². The van der Waals surface area contributed by atoms with E-state index < -0.39 is 0 Å². The fourth-order valence-corrected chi connectivity index (χ4v) is 4.42. The lowest BCUT2D eigenvalue weighted by atomic mass is 9.74. The molecular formula is C22H24O3. The predicted octanol–water partition coefficient (Wildman–Crippen LogP) is 5.15. The molecule has 3 nitrogen and oxygen atoms in total. The summed E-state index contributed by atoms with van der Waals surface area (Å²) in [5.41, 5.74) is 5.27. The normalized spacial score (nSPS) is 21.2. The number of benzene rings is 2. The first-order valence-electron chi connectivity index (χ1n) is 8.87. The van der Waals surface area contributed by atoms with Crippen LogP contribution < -0.4 is 14.2 Å². The second kappa shape index (κ2) is 6.47. The zero-order valence-electron chi connectivity index (χ0n) is 15.0. The van der Waals surface area contributed by atoms with Gasteiger partial charge in [0.05, 0.1) is 21.3 Å². The summed E-state index contributed by atoms with van der Waals surface area (Å²) >= 11 is 0. The van der Waals surface area contributed by atoms with Crippen LogP contribution in [-0.4, -0.2) is 21.3 Å². The molecule has 1 saturated carbocycles. The highest BCUT2D eigenvalue weighted by Gasteiger charge is 2.37. The Balaban J connectivity index is 1.86. The number of hydrogen-bond donors (Lipinski definition) is 0. The molecule has 0 unspecified atom stereocenters. The molecule has 0 spiro atoms. The van der Waals surface area contributed by atoms with Gasteiger partial charge >= 0.3 is 0 Å². The Kier molecular flexibility index (Phi) is 4.16. The highest BCUT2D eigenvalue weighted by atomic mass is 16.5. The average molecular weight is 336 g/mol. The van der Waals surface area contributed by atoms with Gasteiger partial charge in [0.25, 0.3) is 0 Å². The lowest BCUT2D eigenvalue weighted by Crippen LogP contribution is -2.15. The molecule has 0 aliphatic heterocycles. The standard InChI is InChI=1S/C22H24O3/c1-23-15-9-7-14(8-10-15)19-13-21-20(18-6-4-5-17(18)19)11-16(24-2)12-22(21)25-3/h7-13,17-18H,4-6H2,1-3H3/t17-,18+/m0/s1. The number of allylic oxidation sites excluding steroid dienone is 1. The molecule has 0 amide bonds. The van der Waals surface area contributed by atoms with Crippen molar-refractivity contribution in [3.63, 3.8) is 0 Å². The zero-order valence-corrected chi connectivity index (χ0v) is 15.0. The second-order valence-electron chi connectivity index (χ2n) is 6.80. The molecule has 2 aromatic carbocycles. The number of methoxy groups -OCH3 is 3. The van der Waals surface area contributed by atoms with Crippen molar-refractivity contribution in [3.05, 3.63) is 53.1 Å². The zero-order chi connectivity index (χ0) is 17.4. The van der Waals surface area contributed by atoms with Gasteiger partial charge in [-0.15, -0.1) is 0 Å². The first-order chi connectivity index (χ1) is 12.2. The van der Waals surface area contributed by atoms with Crippen LogP contribution >= 0.6 is 0 Å². The van der Waals surface area contributed by atoms with Crippen LogP contribution in [0.3, 0.4) is 0 Å². The molecule has 2 aliphatic carbocycles. The molecule has 2 atom stereocenters. The number of rotatable bonds is 4. The molecule has 0 saturated heterocycles. The van der Waals surface area contributed by atoms with Crippen LogP contribution in [0.4, 0.5) is 0 Å². The molecule has 0 heterocycles. The Morgan fingerprint density at radius 1 is 0.800 bits per heavy atom. The third-order valence-corrected chi connectivity index (χ3v) is 5.64. The Bertz CT molecular complexity index is 805. The van der Waals surface area contributed by atoms with Gasteiger partial charge in [-0.1, -0.05) is 18.6 Å². The second-order valence-corrected chi connectivity index (χ2v) is 6.80. The summed E-state index contributed by atoms with van der Waals surface area (Å²) in [6.07, 6.45) is 6.05. The van der Waals surface area contributed by atoms with Crippen molar-refractivity contribution < 1.29 is 14.2 Å². The molecular weight excluding hydrogens is 312 g/mol. The summed E-state index contributed by atoms with van der Waals surface area (Å²) in [7, 11) is 5.15. The lowest BCUT2D eigenvalue weighted by Gasteiger charge is -2.31. The Morgan fingerprint density at radius 3 is 2.20 bits per heavy atom. The highest BCUT2D eigenvalue weighted by Crippen LogP contribution is 2.53. The van der Waals surface area contributed by atoms with E-state index in [9.17, 15) is 0 Å². The van der Waals surface area contributed by atoms with E-state index in [4.69, 9.17) is 14.2 Å². The van der Waals surface area contributed by atoms with E-state index in [1.807, 2.05) is 18.2 Å². The van der Waals surface area contributed by atoms with E-state index in [0.717, 1.165) is 17.2 Å². The lowest BCUT2D eigenvalue weighted by molar-refractivity contribution is 0.391. The Morgan fingerprint density at radius 2 is 1.52 bits per heavy atom. The quantitative estimate of drug-likeness (QED) is 0.773. The molecule has 0 bridgehead atoms. The minimum Gasteiger partial charge on any atom is -0.497 e. The van der Waals surface area contributed by atoms with Crippen LogP contribution in [-0.2, 0) is 0 Å². The maximum atomic E-state index is 5.68. The molecule has 25 heavy (non-hydrogen) atoms. The van der Waals surface area contributed by atoms with Crippen molar-refractivity contribution in [2.24, 2.45) is 5.92 Å². The van der Waals surface area contributed by atoms with Gasteiger partial charge in [-0.25, -0.2) is 0 Å². The minimum absolute atomic E-state index is 0.543. The number of ether oxygens (including phenoxy) is 3. The van der Waals surface area contributed by atoms with Crippen molar-refractivity contribution in [2.75, 3.05) is 21.3 Å². The van der Waals surface area contributed by atoms with Gasteiger partial charge in [0.2, 0.25) is 0 Å². The molecule has 2 aromatic rings. The molecule has 4 rings (SSSR count). The van der Waals surface area contributed by atoms with Gasteiger partial charge in [-0.3, -0.25) is 0 Å². The molecule has 130 valence electrons. The van der Waals surface area contributed by atoms with Crippen LogP contribution in [0.5, 0.6) is 17.2 Å². The van der Waals surface area contributed by atoms with Crippen LogP contribution in [0.25, 0.3) is 11.6 Å². The van der Waals surface area contributed by atoms with Crippen LogP contribution in [0.2, 0.25) is 0 Å². The third-order valence-electron chi connectivity index (χ3n) is 5.64. The van der Waals surface area contributed by atoms with Crippen molar-refractivity contribution in [2.45, 2.75) is 25.2 Å². The number of fused-ring (bicyclic) bond motifs is 3. The predicted molar refractivity (Wildman–Crippen MR) is 100 cm³/mol. The van der Waals surface area contributed by atoms with Crippen LogP contribution in [0.15, 0.2) is 36.4 Å². The van der Waals surface area contributed by atoms with Gasteiger partial charge < -0.3 is 14.2 Å². The third kappa shape index (κ3) is 2.68. The van der Waals surface area contributed by atoms with Gasteiger partial charge in [-0.2, -0.15) is 0 Å². The van der Waals surface area contributed by atoms with Gasteiger partial charge in [-0.05, 0) is 65.7 Å². The van der Waals surface area contributed by atoms with E-state index in [1.54, 1.807) is 21.3 Å². The summed E-state index contributed by atoms with van der Waals surface area (Å²) in [6.45, 7) is 0.